The number of rotatable bonds is 3. The van der Waals surface area contributed by atoms with Crippen molar-refractivity contribution in [2.24, 2.45) is 0 Å². The second-order valence-corrected chi connectivity index (χ2v) is 4.49. The zero-order chi connectivity index (χ0) is 13.0. The fraction of sp³-hybridized carbons (Fsp3) is 0. The Kier molecular flexibility index (Phi) is 3.89. The molecule has 0 fully saturated rings. The Morgan fingerprint density at radius 1 is 1.06 bits per heavy atom. The summed E-state index contributed by atoms with van der Waals surface area (Å²) in [6, 6.07) is 14.1. The average molecular weight is 304 g/mol. The SMILES string of the molecule is O=Cc1c(Br)cccc1NC(=O)c1ccccc1. The summed E-state index contributed by atoms with van der Waals surface area (Å²) >= 11 is 3.27. The second kappa shape index (κ2) is 5.60. The predicted octanol–water partition coefficient (Wildman–Crippen LogP) is 3.51. The molecular weight excluding hydrogens is 294 g/mol. The number of aldehydes is 1. The lowest BCUT2D eigenvalue weighted by molar-refractivity contribution is 0.102. The topological polar surface area (TPSA) is 46.2 Å². The van der Waals surface area contributed by atoms with E-state index >= 15 is 0 Å². The normalized spacial score (nSPS) is 9.83. The number of amides is 1. The minimum Gasteiger partial charge on any atom is -0.321 e. The van der Waals surface area contributed by atoms with E-state index in [9.17, 15) is 9.59 Å². The minimum atomic E-state index is -0.239. The number of carbonyl (C=O) groups excluding carboxylic acids is 2. The summed E-state index contributed by atoms with van der Waals surface area (Å²) in [5, 5.41) is 2.72. The van der Waals surface area contributed by atoms with Crippen molar-refractivity contribution in [2.45, 2.75) is 0 Å². The molecule has 3 nitrogen and oxygen atoms in total. The highest BCUT2D eigenvalue weighted by Gasteiger charge is 2.10. The number of halogens is 1. The molecule has 2 aromatic carbocycles. The summed E-state index contributed by atoms with van der Waals surface area (Å²) in [4.78, 5) is 22.9. The largest absolute Gasteiger partial charge is 0.321 e. The quantitative estimate of drug-likeness (QED) is 0.882. The molecule has 0 aliphatic heterocycles. The van der Waals surface area contributed by atoms with Crippen LogP contribution in [0.25, 0.3) is 0 Å². The summed E-state index contributed by atoms with van der Waals surface area (Å²) in [6.45, 7) is 0. The monoisotopic (exact) mass is 303 g/mol. The smallest absolute Gasteiger partial charge is 0.255 e. The van der Waals surface area contributed by atoms with E-state index in [1.165, 1.54) is 0 Å². The Labute approximate surface area is 113 Å². The van der Waals surface area contributed by atoms with Crippen molar-refractivity contribution in [3.8, 4) is 0 Å². The molecule has 0 saturated heterocycles. The van der Waals surface area contributed by atoms with Crippen molar-refractivity contribution in [1.82, 2.24) is 0 Å². The molecule has 1 amide bonds. The molecule has 0 aliphatic rings. The molecule has 1 N–H and O–H groups in total. The van der Waals surface area contributed by atoms with Crippen molar-refractivity contribution in [3.63, 3.8) is 0 Å². The molecule has 0 aliphatic carbocycles. The highest BCUT2D eigenvalue weighted by atomic mass is 79.9. The summed E-state index contributed by atoms with van der Waals surface area (Å²) in [6.07, 6.45) is 0.713. The third-order valence-corrected chi connectivity index (χ3v) is 3.15. The van der Waals surface area contributed by atoms with Crippen LogP contribution < -0.4 is 5.32 Å². The predicted molar refractivity (Wildman–Crippen MR) is 73.9 cm³/mol. The third-order valence-electron chi connectivity index (χ3n) is 2.45. The maximum absolute atomic E-state index is 12.0. The van der Waals surface area contributed by atoms with Gasteiger partial charge in [0.15, 0.2) is 6.29 Å². The van der Waals surface area contributed by atoms with Gasteiger partial charge in [0.25, 0.3) is 5.91 Å². The highest BCUT2D eigenvalue weighted by molar-refractivity contribution is 9.10. The van der Waals surface area contributed by atoms with E-state index in [-0.39, 0.29) is 5.91 Å². The first-order valence-corrected chi connectivity index (χ1v) is 6.12. The van der Waals surface area contributed by atoms with E-state index in [1.807, 2.05) is 6.07 Å². The van der Waals surface area contributed by atoms with E-state index in [2.05, 4.69) is 21.2 Å². The molecule has 0 spiro atoms. The maximum Gasteiger partial charge on any atom is 0.255 e. The van der Waals surface area contributed by atoms with Gasteiger partial charge in [-0.1, -0.05) is 24.3 Å². The Hall–Kier alpha value is -1.94. The van der Waals surface area contributed by atoms with Crippen LogP contribution in [0.3, 0.4) is 0 Å². The van der Waals surface area contributed by atoms with Gasteiger partial charge in [-0.2, -0.15) is 0 Å². The number of benzene rings is 2. The second-order valence-electron chi connectivity index (χ2n) is 3.64. The van der Waals surface area contributed by atoms with Crippen molar-refractivity contribution in [2.75, 3.05) is 5.32 Å². The van der Waals surface area contributed by atoms with Gasteiger partial charge in [-0.3, -0.25) is 9.59 Å². The van der Waals surface area contributed by atoms with Gasteiger partial charge in [0.1, 0.15) is 0 Å². The van der Waals surface area contributed by atoms with Gasteiger partial charge in [-0.25, -0.2) is 0 Å². The van der Waals surface area contributed by atoms with Crippen LogP contribution in [0.5, 0.6) is 0 Å². The number of anilines is 1. The lowest BCUT2D eigenvalue weighted by Gasteiger charge is -2.08. The summed E-state index contributed by atoms with van der Waals surface area (Å²) in [5.74, 6) is -0.239. The van der Waals surface area contributed by atoms with E-state index in [0.29, 0.717) is 27.6 Å². The molecule has 2 aromatic rings. The van der Waals surface area contributed by atoms with E-state index in [4.69, 9.17) is 0 Å². The van der Waals surface area contributed by atoms with Crippen molar-refractivity contribution in [3.05, 3.63) is 64.1 Å². The molecular formula is C14H10BrNO2. The van der Waals surface area contributed by atoms with Crippen LogP contribution in [0.15, 0.2) is 53.0 Å². The van der Waals surface area contributed by atoms with Gasteiger partial charge in [0.05, 0.1) is 11.3 Å². The number of hydrogen-bond acceptors (Lipinski definition) is 2. The lowest BCUT2D eigenvalue weighted by Crippen LogP contribution is -2.13. The Bertz CT molecular complexity index is 582. The molecule has 0 saturated carbocycles. The first kappa shape index (κ1) is 12.5. The van der Waals surface area contributed by atoms with Gasteiger partial charge in [0, 0.05) is 10.0 Å². The van der Waals surface area contributed by atoms with Crippen LogP contribution in [0.4, 0.5) is 5.69 Å². The maximum atomic E-state index is 12.0. The summed E-state index contributed by atoms with van der Waals surface area (Å²) < 4.78 is 0.656. The van der Waals surface area contributed by atoms with Crippen LogP contribution >= 0.6 is 15.9 Å². The highest BCUT2D eigenvalue weighted by Crippen LogP contribution is 2.23. The third kappa shape index (κ3) is 2.65. The van der Waals surface area contributed by atoms with Gasteiger partial charge in [-0.05, 0) is 40.2 Å². The van der Waals surface area contributed by atoms with E-state index < -0.39 is 0 Å². The van der Waals surface area contributed by atoms with Crippen LogP contribution in [0.1, 0.15) is 20.7 Å². The molecule has 4 heteroatoms. The number of nitrogens with one attached hydrogen (secondary N) is 1. The van der Waals surface area contributed by atoms with Crippen LogP contribution in [-0.4, -0.2) is 12.2 Å². The molecule has 0 atom stereocenters. The molecule has 90 valence electrons. The van der Waals surface area contributed by atoms with Gasteiger partial charge >= 0.3 is 0 Å². The molecule has 0 heterocycles. The van der Waals surface area contributed by atoms with Gasteiger partial charge in [0.2, 0.25) is 0 Å². The van der Waals surface area contributed by atoms with Crippen LogP contribution in [0, 0.1) is 0 Å². The minimum absolute atomic E-state index is 0.239. The lowest BCUT2D eigenvalue weighted by atomic mass is 10.1. The zero-order valence-corrected chi connectivity index (χ0v) is 11.0. The fourth-order valence-corrected chi connectivity index (χ4v) is 2.01. The standard InChI is InChI=1S/C14H10BrNO2/c15-12-7-4-8-13(11(12)9-17)16-14(18)10-5-2-1-3-6-10/h1-9H,(H,16,18). The van der Waals surface area contributed by atoms with Crippen molar-refractivity contribution < 1.29 is 9.59 Å². The van der Waals surface area contributed by atoms with E-state index in [0.717, 1.165) is 0 Å². The Morgan fingerprint density at radius 2 is 1.78 bits per heavy atom. The van der Waals surface area contributed by atoms with Gasteiger partial charge < -0.3 is 5.32 Å². The fourth-order valence-electron chi connectivity index (χ4n) is 1.55. The van der Waals surface area contributed by atoms with Crippen LogP contribution in [0.2, 0.25) is 0 Å². The molecule has 0 aromatic heterocycles. The van der Waals surface area contributed by atoms with E-state index in [1.54, 1.807) is 42.5 Å². The summed E-state index contributed by atoms with van der Waals surface area (Å²) in [5.41, 5.74) is 1.48. The molecule has 0 bridgehead atoms. The Balaban J connectivity index is 2.28. The van der Waals surface area contributed by atoms with Crippen molar-refractivity contribution >= 4 is 33.8 Å². The molecule has 0 radical (unpaired) electrons. The average Bonchev–Trinajstić information content (AvgIpc) is 2.40. The van der Waals surface area contributed by atoms with Crippen LogP contribution in [-0.2, 0) is 0 Å². The number of carbonyl (C=O) groups is 2. The molecule has 18 heavy (non-hydrogen) atoms. The Morgan fingerprint density at radius 3 is 2.44 bits per heavy atom. The van der Waals surface area contributed by atoms with Crippen molar-refractivity contribution in [1.29, 1.82) is 0 Å². The first-order chi connectivity index (χ1) is 8.72. The number of hydrogen-bond donors (Lipinski definition) is 1. The molecule has 0 unspecified atom stereocenters. The zero-order valence-electron chi connectivity index (χ0n) is 9.39. The summed E-state index contributed by atoms with van der Waals surface area (Å²) in [7, 11) is 0. The first-order valence-electron chi connectivity index (χ1n) is 5.32. The van der Waals surface area contributed by atoms with Gasteiger partial charge in [-0.15, -0.1) is 0 Å². The molecule has 2 rings (SSSR count).